The molecule has 0 bridgehead atoms. The van der Waals surface area contributed by atoms with E-state index in [9.17, 15) is 9.59 Å². The summed E-state index contributed by atoms with van der Waals surface area (Å²) in [6.07, 6.45) is 0. The molecule has 1 aliphatic rings. The molecule has 1 N–H and O–H groups in total. The van der Waals surface area contributed by atoms with Crippen molar-refractivity contribution in [1.29, 1.82) is 0 Å². The minimum atomic E-state index is -0.402. The molecule has 0 aliphatic carbocycles. The fraction of sp³-hybridized carbons (Fsp3) is 0.214. The van der Waals surface area contributed by atoms with Gasteiger partial charge in [-0.25, -0.2) is 4.90 Å². The van der Waals surface area contributed by atoms with Gasteiger partial charge in [-0.15, -0.1) is 0 Å². The standard InChI is InChI=1S/C28H29N3O3/c1-6-34-24-13-8-7-12-23(24)29-26-25(20-15-14-18(2)19(3)16-20)27(32)31(28(26)33)22-11-9-10-21(17-22)30(4)5/h7-17,29H,6H2,1-5H3. The zero-order valence-corrected chi connectivity index (χ0v) is 20.2. The zero-order chi connectivity index (χ0) is 24.4. The van der Waals surface area contributed by atoms with Gasteiger partial charge in [0.25, 0.3) is 11.8 Å². The van der Waals surface area contributed by atoms with Crippen LogP contribution in [0.4, 0.5) is 17.1 Å². The van der Waals surface area contributed by atoms with E-state index in [1.54, 1.807) is 6.07 Å². The van der Waals surface area contributed by atoms with Crippen LogP contribution in [0.25, 0.3) is 5.57 Å². The minimum absolute atomic E-state index is 0.232. The molecule has 0 saturated heterocycles. The summed E-state index contributed by atoms with van der Waals surface area (Å²) in [6.45, 7) is 6.40. The molecule has 0 fully saturated rings. The van der Waals surface area contributed by atoms with Crippen LogP contribution in [-0.4, -0.2) is 32.5 Å². The summed E-state index contributed by atoms with van der Waals surface area (Å²) in [5, 5.41) is 3.23. The summed E-state index contributed by atoms with van der Waals surface area (Å²) < 4.78 is 5.74. The van der Waals surface area contributed by atoms with E-state index in [0.717, 1.165) is 16.8 Å². The molecule has 0 unspecified atom stereocenters. The van der Waals surface area contributed by atoms with Crippen molar-refractivity contribution in [2.45, 2.75) is 20.8 Å². The summed E-state index contributed by atoms with van der Waals surface area (Å²) in [7, 11) is 3.84. The van der Waals surface area contributed by atoms with E-state index in [1.165, 1.54) is 4.90 Å². The first-order valence-electron chi connectivity index (χ1n) is 11.3. The van der Waals surface area contributed by atoms with Gasteiger partial charge in [-0.05, 0) is 67.8 Å². The third-order valence-corrected chi connectivity index (χ3v) is 5.93. The van der Waals surface area contributed by atoms with Crippen LogP contribution >= 0.6 is 0 Å². The molecule has 0 radical (unpaired) electrons. The lowest BCUT2D eigenvalue weighted by Crippen LogP contribution is -2.32. The molecule has 3 aromatic rings. The van der Waals surface area contributed by atoms with Crippen LogP contribution in [0.3, 0.4) is 0 Å². The van der Waals surface area contributed by atoms with Gasteiger partial charge in [-0.2, -0.15) is 0 Å². The van der Waals surface area contributed by atoms with Gasteiger partial charge in [0.2, 0.25) is 0 Å². The van der Waals surface area contributed by atoms with E-state index in [1.807, 2.05) is 100 Å². The quantitative estimate of drug-likeness (QED) is 0.499. The number of hydrogen-bond donors (Lipinski definition) is 1. The molecule has 0 atom stereocenters. The second-order valence-corrected chi connectivity index (χ2v) is 8.46. The fourth-order valence-corrected chi connectivity index (χ4v) is 3.94. The van der Waals surface area contributed by atoms with Crippen LogP contribution in [0.5, 0.6) is 5.75 Å². The number of nitrogens with one attached hydrogen (secondary N) is 1. The Bertz CT molecular complexity index is 1290. The van der Waals surface area contributed by atoms with Crippen LogP contribution in [0.15, 0.2) is 72.4 Å². The third-order valence-electron chi connectivity index (χ3n) is 5.93. The van der Waals surface area contributed by atoms with Crippen molar-refractivity contribution in [3.05, 3.63) is 89.1 Å². The lowest BCUT2D eigenvalue weighted by atomic mass is 9.99. The van der Waals surface area contributed by atoms with Gasteiger partial charge >= 0.3 is 0 Å². The van der Waals surface area contributed by atoms with Crippen molar-refractivity contribution < 1.29 is 14.3 Å². The monoisotopic (exact) mass is 455 g/mol. The first-order chi connectivity index (χ1) is 16.3. The molecule has 0 aromatic heterocycles. The Morgan fingerprint density at radius 3 is 2.35 bits per heavy atom. The van der Waals surface area contributed by atoms with Crippen LogP contribution < -0.4 is 19.9 Å². The average Bonchev–Trinajstić information content (AvgIpc) is 3.06. The number of anilines is 3. The van der Waals surface area contributed by atoms with Crippen LogP contribution in [-0.2, 0) is 9.59 Å². The number of aryl methyl sites for hydroxylation is 2. The van der Waals surface area contributed by atoms with Gasteiger partial charge in [-0.1, -0.05) is 36.4 Å². The number of ether oxygens (including phenoxy) is 1. The van der Waals surface area contributed by atoms with Crippen LogP contribution in [0.2, 0.25) is 0 Å². The average molecular weight is 456 g/mol. The van der Waals surface area contributed by atoms with E-state index >= 15 is 0 Å². The molecule has 34 heavy (non-hydrogen) atoms. The predicted octanol–water partition coefficient (Wildman–Crippen LogP) is 5.16. The molecule has 6 heteroatoms. The number of para-hydroxylation sites is 2. The van der Waals surface area contributed by atoms with Crippen molar-refractivity contribution in [3.63, 3.8) is 0 Å². The topological polar surface area (TPSA) is 61.9 Å². The Labute approximate surface area is 200 Å². The van der Waals surface area contributed by atoms with Crippen molar-refractivity contribution in [2.24, 2.45) is 0 Å². The Kier molecular flexibility index (Phi) is 6.41. The second-order valence-electron chi connectivity index (χ2n) is 8.46. The maximum absolute atomic E-state index is 13.8. The Balaban J connectivity index is 1.85. The summed E-state index contributed by atoms with van der Waals surface area (Å²) in [5.41, 5.74) is 5.49. The summed E-state index contributed by atoms with van der Waals surface area (Å²) in [6, 6.07) is 20.6. The van der Waals surface area contributed by atoms with E-state index in [-0.39, 0.29) is 11.6 Å². The fourth-order valence-electron chi connectivity index (χ4n) is 3.94. The van der Waals surface area contributed by atoms with Gasteiger partial charge in [-0.3, -0.25) is 9.59 Å². The Hall–Kier alpha value is -4.06. The molecule has 0 spiro atoms. The summed E-state index contributed by atoms with van der Waals surface area (Å²) in [4.78, 5) is 30.7. The van der Waals surface area contributed by atoms with Crippen molar-refractivity contribution in [1.82, 2.24) is 0 Å². The highest BCUT2D eigenvalue weighted by molar-refractivity contribution is 6.46. The number of amides is 2. The van der Waals surface area contributed by atoms with Gasteiger partial charge < -0.3 is 15.0 Å². The zero-order valence-electron chi connectivity index (χ0n) is 20.2. The molecule has 3 aromatic carbocycles. The van der Waals surface area contributed by atoms with Gasteiger partial charge in [0.1, 0.15) is 11.4 Å². The number of carbonyl (C=O) groups is 2. The number of carbonyl (C=O) groups excluding carboxylic acids is 2. The molecular formula is C28H29N3O3. The smallest absolute Gasteiger partial charge is 0.282 e. The predicted molar refractivity (Wildman–Crippen MR) is 137 cm³/mol. The first-order valence-corrected chi connectivity index (χ1v) is 11.3. The minimum Gasteiger partial charge on any atom is -0.492 e. The molecule has 0 saturated carbocycles. The normalized spacial score (nSPS) is 13.5. The molecule has 2 amide bonds. The van der Waals surface area contributed by atoms with E-state index in [4.69, 9.17) is 4.74 Å². The number of nitrogens with zero attached hydrogens (tertiary/aromatic N) is 2. The number of benzene rings is 3. The van der Waals surface area contributed by atoms with E-state index in [0.29, 0.717) is 34.9 Å². The SMILES string of the molecule is CCOc1ccccc1NC1=C(c2ccc(C)c(C)c2)C(=O)N(c2cccc(N(C)C)c2)C1=O. The van der Waals surface area contributed by atoms with Gasteiger partial charge in [0.15, 0.2) is 0 Å². The van der Waals surface area contributed by atoms with Crippen molar-refractivity contribution >= 4 is 34.4 Å². The van der Waals surface area contributed by atoms with Gasteiger partial charge in [0.05, 0.1) is 23.6 Å². The van der Waals surface area contributed by atoms with Gasteiger partial charge in [0, 0.05) is 19.8 Å². The van der Waals surface area contributed by atoms with E-state index < -0.39 is 5.91 Å². The highest BCUT2D eigenvalue weighted by Gasteiger charge is 2.40. The molecule has 1 aliphatic heterocycles. The lowest BCUT2D eigenvalue weighted by Gasteiger charge is -2.19. The second kappa shape index (κ2) is 9.43. The third kappa shape index (κ3) is 4.27. The summed E-state index contributed by atoms with van der Waals surface area (Å²) in [5.74, 6) is -0.147. The van der Waals surface area contributed by atoms with Crippen LogP contribution in [0, 0.1) is 13.8 Å². The maximum atomic E-state index is 13.8. The molecule has 1 heterocycles. The largest absolute Gasteiger partial charge is 0.492 e. The highest BCUT2D eigenvalue weighted by Crippen LogP contribution is 2.37. The number of hydrogen-bond acceptors (Lipinski definition) is 5. The Morgan fingerprint density at radius 2 is 1.65 bits per heavy atom. The molecular weight excluding hydrogens is 426 g/mol. The van der Waals surface area contributed by atoms with Crippen molar-refractivity contribution in [3.8, 4) is 5.75 Å². The first kappa shape index (κ1) is 23.1. The maximum Gasteiger partial charge on any atom is 0.282 e. The van der Waals surface area contributed by atoms with Crippen molar-refractivity contribution in [2.75, 3.05) is 35.8 Å². The number of imide groups is 1. The Morgan fingerprint density at radius 1 is 0.882 bits per heavy atom. The molecule has 4 rings (SSSR count). The van der Waals surface area contributed by atoms with E-state index in [2.05, 4.69) is 5.32 Å². The van der Waals surface area contributed by atoms with Crippen LogP contribution in [0.1, 0.15) is 23.6 Å². The molecule has 174 valence electrons. The number of rotatable bonds is 7. The highest BCUT2D eigenvalue weighted by atomic mass is 16.5. The lowest BCUT2D eigenvalue weighted by molar-refractivity contribution is -0.120. The summed E-state index contributed by atoms with van der Waals surface area (Å²) >= 11 is 0. The molecule has 6 nitrogen and oxygen atoms in total.